The molecule has 0 atom stereocenters. The van der Waals surface area contributed by atoms with Crippen LogP contribution in [0.3, 0.4) is 0 Å². The van der Waals surface area contributed by atoms with Gasteiger partial charge in [-0.2, -0.15) is 0 Å². The fraction of sp³-hybridized carbons (Fsp3) is 0.579. The van der Waals surface area contributed by atoms with Gasteiger partial charge in [-0.3, -0.25) is 9.59 Å². The van der Waals surface area contributed by atoms with Gasteiger partial charge in [0.2, 0.25) is 5.91 Å². The Bertz CT molecular complexity index is 560. The van der Waals surface area contributed by atoms with Gasteiger partial charge in [0.05, 0.1) is 18.3 Å². The van der Waals surface area contributed by atoms with Crippen molar-refractivity contribution in [3.8, 4) is 0 Å². The molecule has 1 heterocycles. The van der Waals surface area contributed by atoms with Crippen molar-refractivity contribution in [3.63, 3.8) is 0 Å². The Morgan fingerprint density at radius 1 is 1.17 bits per heavy atom. The Balaban J connectivity index is 1.73. The fourth-order valence-corrected chi connectivity index (χ4v) is 3.99. The molecule has 132 valence electrons. The number of likely N-dealkylation sites (tertiary alicyclic amines) is 1. The molecule has 0 aromatic heterocycles. The van der Waals surface area contributed by atoms with Crippen LogP contribution in [0.5, 0.6) is 0 Å². The molecule has 1 fully saturated rings. The summed E-state index contributed by atoms with van der Waals surface area (Å²) in [7, 11) is 0. The predicted molar refractivity (Wildman–Crippen MR) is 98.0 cm³/mol. The second kappa shape index (κ2) is 9.11. The highest BCUT2D eigenvalue weighted by atomic mass is 32.2. The number of nitrogens with zero attached hydrogens (tertiary/aromatic N) is 1. The van der Waals surface area contributed by atoms with Crippen molar-refractivity contribution in [2.24, 2.45) is 5.92 Å². The first kappa shape index (κ1) is 18.8. The van der Waals surface area contributed by atoms with Gasteiger partial charge in [-0.15, -0.1) is 11.8 Å². The molecule has 5 heteroatoms. The lowest BCUT2D eigenvalue weighted by molar-refractivity contribution is -0.151. The van der Waals surface area contributed by atoms with E-state index < -0.39 is 0 Å². The lowest BCUT2D eigenvalue weighted by atomic mass is 9.97. The van der Waals surface area contributed by atoms with E-state index in [0.717, 1.165) is 5.75 Å². The summed E-state index contributed by atoms with van der Waals surface area (Å²) in [6, 6.07) is 6.51. The number of carbonyl (C=O) groups excluding carboxylic acids is 2. The molecule has 1 aromatic rings. The van der Waals surface area contributed by atoms with Crippen LogP contribution in [0, 0.1) is 19.8 Å². The first-order valence-corrected chi connectivity index (χ1v) is 9.74. The third kappa shape index (κ3) is 5.55. The third-order valence-corrected chi connectivity index (χ3v) is 5.23. The zero-order valence-electron chi connectivity index (χ0n) is 14.8. The van der Waals surface area contributed by atoms with E-state index >= 15 is 0 Å². The highest BCUT2D eigenvalue weighted by molar-refractivity contribution is 7.99. The number of rotatable bonds is 6. The molecule has 0 unspecified atom stereocenters. The number of amides is 1. The molecule has 0 radical (unpaired) electrons. The lowest BCUT2D eigenvalue weighted by Crippen LogP contribution is -2.41. The van der Waals surface area contributed by atoms with Crippen LogP contribution in [-0.4, -0.2) is 42.2 Å². The van der Waals surface area contributed by atoms with Crippen LogP contribution < -0.4 is 0 Å². The van der Waals surface area contributed by atoms with Crippen LogP contribution >= 0.6 is 11.8 Å². The largest absolute Gasteiger partial charge is 0.466 e. The Labute approximate surface area is 148 Å². The maximum absolute atomic E-state index is 12.3. The minimum atomic E-state index is -0.117. The van der Waals surface area contributed by atoms with Gasteiger partial charge in [0.1, 0.15) is 0 Å². The van der Waals surface area contributed by atoms with E-state index in [1.165, 1.54) is 16.7 Å². The standard InChI is InChI=1S/C19H27NO3S/c1-4-23-19(22)17-5-7-20(8-6-17)18(21)13-24-12-16-10-14(2)9-15(3)11-16/h9-11,17H,4-8,12-13H2,1-3H3. The van der Waals surface area contributed by atoms with Crippen molar-refractivity contribution in [2.45, 2.75) is 39.4 Å². The summed E-state index contributed by atoms with van der Waals surface area (Å²) in [4.78, 5) is 25.9. The average molecular weight is 349 g/mol. The number of thioether (sulfide) groups is 1. The summed E-state index contributed by atoms with van der Waals surface area (Å²) in [6.07, 6.45) is 1.43. The highest BCUT2D eigenvalue weighted by Crippen LogP contribution is 2.21. The van der Waals surface area contributed by atoms with E-state index in [2.05, 4.69) is 32.0 Å². The van der Waals surface area contributed by atoms with Crippen LogP contribution in [0.25, 0.3) is 0 Å². The molecule has 24 heavy (non-hydrogen) atoms. The molecule has 4 nitrogen and oxygen atoms in total. The fourth-order valence-electron chi connectivity index (χ4n) is 3.12. The quantitative estimate of drug-likeness (QED) is 0.739. The number of piperidine rings is 1. The summed E-state index contributed by atoms with van der Waals surface area (Å²) in [6.45, 7) is 7.76. The topological polar surface area (TPSA) is 46.6 Å². The second-order valence-corrected chi connectivity index (χ2v) is 7.38. The zero-order chi connectivity index (χ0) is 17.5. The summed E-state index contributed by atoms with van der Waals surface area (Å²) in [5.74, 6) is 1.36. The minimum absolute atomic E-state index is 0.0445. The number of hydrogen-bond donors (Lipinski definition) is 0. The van der Waals surface area contributed by atoms with Gasteiger partial charge < -0.3 is 9.64 Å². The molecule has 1 saturated heterocycles. The molecule has 1 aromatic carbocycles. The van der Waals surface area contributed by atoms with Gasteiger partial charge in [0.15, 0.2) is 0 Å². The maximum Gasteiger partial charge on any atom is 0.309 e. The van der Waals surface area contributed by atoms with Crippen LogP contribution in [0.1, 0.15) is 36.5 Å². The Morgan fingerprint density at radius 3 is 2.38 bits per heavy atom. The second-order valence-electron chi connectivity index (χ2n) is 6.40. The van der Waals surface area contributed by atoms with Gasteiger partial charge in [-0.05, 0) is 39.2 Å². The predicted octanol–water partition coefficient (Wildman–Crippen LogP) is 3.34. The van der Waals surface area contributed by atoms with E-state index in [-0.39, 0.29) is 17.8 Å². The average Bonchev–Trinajstić information content (AvgIpc) is 2.54. The Kier molecular flexibility index (Phi) is 7.16. The van der Waals surface area contributed by atoms with Gasteiger partial charge >= 0.3 is 5.97 Å². The van der Waals surface area contributed by atoms with Gasteiger partial charge in [-0.1, -0.05) is 29.3 Å². The van der Waals surface area contributed by atoms with E-state index in [4.69, 9.17) is 4.74 Å². The molecule has 2 rings (SSSR count). The smallest absolute Gasteiger partial charge is 0.309 e. The molecular formula is C19H27NO3S. The van der Waals surface area contributed by atoms with Crippen LogP contribution in [-0.2, 0) is 20.1 Å². The van der Waals surface area contributed by atoms with E-state index in [0.29, 0.717) is 38.3 Å². The Morgan fingerprint density at radius 2 is 1.79 bits per heavy atom. The van der Waals surface area contributed by atoms with Crippen molar-refractivity contribution in [1.29, 1.82) is 0 Å². The summed E-state index contributed by atoms with van der Waals surface area (Å²) < 4.78 is 5.06. The zero-order valence-corrected chi connectivity index (χ0v) is 15.7. The molecule has 0 bridgehead atoms. The normalized spacial score (nSPS) is 15.4. The monoisotopic (exact) mass is 349 g/mol. The van der Waals surface area contributed by atoms with Gasteiger partial charge in [0.25, 0.3) is 0 Å². The molecule has 0 saturated carbocycles. The van der Waals surface area contributed by atoms with Crippen molar-refractivity contribution in [1.82, 2.24) is 4.90 Å². The molecule has 1 aliphatic heterocycles. The number of hydrogen-bond acceptors (Lipinski definition) is 4. The number of esters is 1. The molecule has 0 spiro atoms. The summed E-state index contributed by atoms with van der Waals surface area (Å²) >= 11 is 1.66. The van der Waals surface area contributed by atoms with Crippen molar-refractivity contribution >= 4 is 23.6 Å². The van der Waals surface area contributed by atoms with E-state index in [9.17, 15) is 9.59 Å². The van der Waals surface area contributed by atoms with Crippen molar-refractivity contribution in [2.75, 3.05) is 25.4 Å². The third-order valence-electron chi connectivity index (χ3n) is 4.24. The molecule has 1 amide bonds. The highest BCUT2D eigenvalue weighted by Gasteiger charge is 2.27. The maximum atomic E-state index is 12.3. The van der Waals surface area contributed by atoms with Crippen LogP contribution in [0.2, 0.25) is 0 Å². The van der Waals surface area contributed by atoms with Crippen LogP contribution in [0.4, 0.5) is 0 Å². The number of benzene rings is 1. The van der Waals surface area contributed by atoms with Crippen LogP contribution in [0.15, 0.2) is 18.2 Å². The first-order valence-electron chi connectivity index (χ1n) is 8.59. The van der Waals surface area contributed by atoms with Gasteiger partial charge in [0, 0.05) is 18.8 Å². The summed E-state index contributed by atoms with van der Waals surface area (Å²) in [5, 5.41) is 0. The van der Waals surface area contributed by atoms with E-state index in [1.54, 1.807) is 11.8 Å². The van der Waals surface area contributed by atoms with Crippen molar-refractivity contribution in [3.05, 3.63) is 34.9 Å². The van der Waals surface area contributed by atoms with Gasteiger partial charge in [-0.25, -0.2) is 0 Å². The molecular weight excluding hydrogens is 322 g/mol. The molecule has 0 aliphatic carbocycles. The van der Waals surface area contributed by atoms with Crippen molar-refractivity contribution < 1.29 is 14.3 Å². The molecule has 1 aliphatic rings. The lowest BCUT2D eigenvalue weighted by Gasteiger charge is -2.30. The summed E-state index contributed by atoms with van der Waals surface area (Å²) in [5.41, 5.74) is 3.79. The van der Waals surface area contributed by atoms with E-state index in [1.807, 2.05) is 11.8 Å². The molecule has 0 N–H and O–H groups in total. The minimum Gasteiger partial charge on any atom is -0.466 e. The first-order chi connectivity index (χ1) is 11.5. The number of aryl methyl sites for hydroxylation is 2. The SMILES string of the molecule is CCOC(=O)C1CCN(C(=O)CSCc2cc(C)cc(C)c2)CC1. The Hall–Kier alpha value is -1.49. The number of ether oxygens (including phenoxy) is 1. The number of carbonyl (C=O) groups is 2.